The maximum absolute atomic E-state index is 11.8. The van der Waals surface area contributed by atoms with Crippen molar-refractivity contribution in [3.8, 4) is 0 Å². The molecule has 5 nitrogen and oxygen atoms in total. The van der Waals surface area contributed by atoms with Crippen LogP contribution in [0.5, 0.6) is 0 Å². The Morgan fingerprint density at radius 3 is 2.46 bits per heavy atom. The monoisotopic (exact) mass is 356 g/mol. The van der Waals surface area contributed by atoms with Crippen molar-refractivity contribution >= 4 is 11.9 Å². The van der Waals surface area contributed by atoms with E-state index in [9.17, 15) is 4.79 Å². The van der Waals surface area contributed by atoms with Crippen LogP contribution in [-0.2, 0) is 11.2 Å². The Kier molecular flexibility index (Phi) is 8.73. The fourth-order valence-electron chi connectivity index (χ4n) is 2.91. The number of allylic oxidation sites excluding steroid dienone is 1. The fourth-order valence-corrected chi connectivity index (χ4v) is 2.91. The van der Waals surface area contributed by atoms with E-state index >= 15 is 0 Å². The smallest absolute Gasteiger partial charge is 0.243 e. The molecule has 0 fully saturated rings. The van der Waals surface area contributed by atoms with E-state index in [1.165, 1.54) is 36.8 Å². The molecule has 26 heavy (non-hydrogen) atoms. The molecular formula is C21H32N4O. The van der Waals surface area contributed by atoms with Gasteiger partial charge in [-0.25, -0.2) is 4.99 Å². The summed E-state index contributed by atoms with van der Waals surface area (Å²) in [4.78, 5) is 17.8. The third-order valence-electron chi connectivity index (χ3n) is 4.54. The van der Waals surface area contributed by atoms with Crippen LogP contribution in [0.3, 0.4) is 0 Å². The highest BCUT2D eigenvalue weighted by atomic mass is 16.2. The number of carbonyl (C=O) groups excluding carboxylic acids is 1. The van der Waals surface area contributed by atoms with Crippen molar-refractivity contribution in [3.05, 3.63) is 47.5 Å². The third kappa shape index (κ3) is 7.72. The van der Waals surface area contributed by atoms with Gasteiger partial charge in [-0.15, -0.1) is 0 Å². The van der Waals surface area contributed by atoms with Gasteiger partial charge in [0.05, 0.1) is 0 Å². The van der Waals surface area contributed by atoms with E-state index in [2.05, 4.69) is 46.0 Å². The third-order valence-corrected chi connectivity index (χ3v) is 4.54. The van der Waals surface area contributed by atoms with Crippen LogP contribution >= 0.6 is 0 Å². The number of carbonyl (C=O) groups is 1. The molecule has 0 atom stereocenters. The van der Waals surface area contributed by atoms with Gasteiger partial charge in [0.15, 0.2) is 5.96 Å². The average molecular weight is 357 g/mol. The molecule has 2 N–H and O–H groups in total. The topological polar surface area (TPSA) is 56.7 Å². The summed E-state index contributed by atoms with van der Waals surface area (Å²) in [6.07, 6.45) is 9.39. The number of nitrogens with one attached hydrogen (secondary N) is 2. The van der Waals surface area contributed by atoms with Crippen molar-refractivity contribution in [2.24, 2.45) is 4.99 Å². The summed E-state index contributed by atoms with van der Waals surface area (Å²) in [6.45, 7) is 1.80. The van der Waals surface area contributed by atoms with Crippen molar-refractivity contribution in [2.45, 2.75) is 38.5 Å². The molecule has 0 saturated heterocycles. The number of hydrogen-bond acceptors (Lipinski definition) is 2. The molecule has 1 aromatic rings. The van der Waals surface area contributed by atoms with Crippen molar-refractivity contribution in [1.82, 2.24) is 15.5 Å². The second kappa shape index (κ2) is 11.3. The number of guanidine groups is 1. The van der Waals surface area contributed by atoms with Crippen LogP contribution in [0.1, 0.15) is 37.7 Å². The van der Waals surface area contributed by atoms with Gasteiger partial charge < -0.3 is 15.5 Å². The Hall–Kier alpha value is -2.30. The van der Waals surface area contributed by atoms with Crippen molar-refractivity contribution in [3.63, 3.8) is 0 Å². The standard InChI is InChI=1S/C21H32N4O/c1-25(2)20(26)17-24-21(22-15-13-18-9-5-3-6-10-18)23-16-14-19-11-7-4-8-12-19/h3,5-6,9-11H,4,7-8,12-17H2,1-2H3,(H2,22,23,24). The molecule has 1 aliphatic carbocycles. The number of nitrogens with zero attached hydrogens (tertiary/aromatic N) is 2. The van der Waals surface area contributed by atoms with E-state index in [0.717, 1.165) is 25.9 Å². The molecule has 0 spiro atoms. The van der Waals surface area contributed by atoms with Gasteiger partial charge >= 0.3 is 0 Å². The normalized spacial score (nSPS) is 14.5. The van der Waals surface area contributed by atoms with Gasteiger partial charge in [-0.05, 0) is 44.1 Å². The molecule has 0 radical (unpaired) electrons. The maximum atomic E-state index is 11.8. The van der Waals surface area contributed by atoms with Crippen LogP contribution in [0, 0.1) is 0 Å². The van der Waals surface area contributed by atoms with Crippen LogP contribution < -0.4 is 10.6 Å². The Bertz CT molecular complexity index is 608. The highest BCUT2D eigenvalue weighted by Gasteiger charge is 2.06. The zero-order valence-corrected chi connectivity index (χ0v) is 16.1. The largest absolute Gasteiger partial charge is 0.356 e. The lowest BCUT2D eigenvalue weighted by atomic mass is 9.97. The van der Waals surface area contributed by atoms with Gasteiger partial charge in [0.2, 0.25) is 5.91 Å². The molecule has 0 bridgehead atoms. The molecule has 2 rings (SSSR count). The van der Waals surface area contributed by atoms with Crippen LogP contribution in [0.25, 0.3) is 0 Å². The molecule has 0 saturated carbocycles. The lowest BCUT2D eigenvalue weighted by Gasteiger charge is -2.16. The maximum Gasteiger partial charge on any atom is 0.243 e. The van der Waals surface area contributed by atoms with Crippen molar-refractivity contribution in [1.29, 1.82) is 0 Å². The van der Waals surface area contributed by atoms with Gasteiger partial charge in [-0.3, -0.25) is 4.79 Å². The zero-order valence-electron chi connectivity index (χ0n) is 16.1. The summed E-state index contributed by atoms with van der Waals surface area (Å²) in [5, 5.41) is 6.72. The number of likely N-dealkylation sites (N-methyl/N-ethyl adjacent to an activating group) is 1. The first-order valence-corrected chi connectivity index (χ1v) is 9.59. The molecule has 5 heteroatoms. The van der Waals surface area contributed by atoms with Gasteiger partial charge in [0.25, 0.3) is 0 Å². The molecule has 1 aromatic carbocycles. The first kappa shape index (κ1) is 20.0. The summed E-state index contributed by atoms with van der Waals surface area (Å²) in [6, 6.07) is 10.4. The van der Waals surface area contributed by atoms with Gasteiger partial charge in [-0.2, -0.15) is 0 Å². The van der Waals surface area contributed by atoms with Crippen LogP contribution in [0.4, 0.5) is 0 Å². The van der Waals surface area contributed by atoms with E-state index in [-0.39, 0.29) is 12.5 Å². The predicted octanol–water partition coefficient (Wildman–Crippen LogP) is 2.74. The Balaban J connectivity index is 1.82. The summed E-state index contributed by atoms with van der Waals surface area (Å²) >= 11 is 0. The number of aliphatic imine (C=N–C) groups is 1. The lowest BCUT2D eigenvalue weighted by molar-refractivity contribution is -0.127. The zero-order chi connectivity index (χ0) is 18.6. The molecule has 0 heterocycles. The number of rotatable bonds is 8. The summed E-state index contributed by atoms with van der Waals surface area (Å²) in [5.41, 5.74) is 2.83. The van der Waals surface area contributed by atoms with Gasteiger partial charge in [0.1, 0.15) is 6.54 Å². The molecule has 1 aliphatic rings. The van der Waals surface area contributed by atoms with Crippen LogP contribution in [0.2, 0.25) is 0 Å². The lowest BCUT2D eigenvalue weighted by Crippen LogP contribution is -2.40. The minimum Gasteiger partial charge on any atom is -0.356 e. The van der Waals surface area contributed by atoms with Gasteiger partial charge in [-0.1, -0.05) is 42.0 Å². The minimum absolute atomic E-state index is 0.00384. The Morgan fingerprint density at radius 1 is 1.08 bits per heavy atom. The molecule has 0 unspecified atom stereocenters. The highest BCUT2D eigenvalue weighted by molar-refractivity contribution is 5.84. The van der Waals surface area contributed by atoms with Crippen LogP contribution in [-0.4, -0.2) is 50.5 Å². The second-order valence-electron chi connectivity index (χ2n) is 6.90. The summed E-state index contributed by atoms with van der Waals surface area (Å²) in [7, 11) is 3.51. The van der Waals surface area contributed by atoms with Crippen molar-refractivity contribution in [2.75, 3.05) is 33.7 Å². The van der Waals surface area contributed by atoms with Crippen LogP contribution in [0.15, 0.2) is 47.0 Å². The SMILES string of the molecule is CN(C)C(=O)CN=C(NCCC1=CCCCC1)NCCc1ccccc1. The highest BCUT2D eigenvalue weighted by Crippen LogP contribution is 2.19. The fraction of sp³-hybridized carbons (Fsp3) is 0.524. The molecular weight excluding hydrogens is 324 g/mol. The number of amides is 1. The minimum atomic E-state index is 0.00384. The predicted molar refractivity (Wildman–Crippen MR) is 108 cm³/mol. The first-order chi connectivity index (χ1) is 12.6. The number of benzene rings is 1. The second-order valence-corrected chi connectivity index (χ2v) is 6.90. The molecule has 142 valence electrons. The molecule has 0 aliphatic heterocycles. The summed E-state index contributed by atoms with van der Waals surface area (Å²) in [5.74, 6) is 0.719. The number of hydrogen-bond donors (Lipinski definition) is 2. The van der Waals surface area contributed by atoms with E-state index in [1.807, 2.05) is 6.07 Å². The van der Waals surface area contributed by atoms with Crippen molar-refractivity contribution < 1.29 is 4.79 Å². The van der Waals surface area contributed by atoms with Gasteiger partial charge in [0, 0.05) is 27.2 Å². The van der Waals surface area contributed by atoms with E-state index < -0.39 is 0 Å². The first-order valence-electron chi connectivity index (χ1n) is 9.59. The molecule has 1 amide bonds. The Labute approximate surface area is 157 Å². The quantitative estimate of drug-likeness (QED) is 0.428. The average Bonchev–Trinajstić information content (AvgIpc) is 2.67. The molecule has 0 aromatic heterocycles. The van der Waals surface area contributed by atoms with E-state index in [0.29, 0.717) is 5.96 Å². The van der Waals surface area contributed by atoms with E-state index in [4.69, 9.17) is 0 Å². The van der Waals surface area contributed by atoms with E-state index in [1.54, 1.807) is 19.0 Å². The Morgan fingerprint density at radius 2 is 1.81 bits per heavy atom. The summed E-state index contributed by atoms with van der Waals surface area (Å²) < 4.78 is 0.